The second-order valence-electron chi connectivity index (χ2n) is 4.00. The summed E-state index contributed by atoms with van der Waals surface area (Å²) in [6.45, 7) is -0.0200. The fourth-order valence-electron chi connectivity index (χ4n) is 1.51. The molecule has 2 aromatic rings. The minimum atomic E-state index is -0.962. The van der Waals surface area contributed by atoms with Crippen molar-refractivity contribution < 1.29 is 14.7 Å². The standard InChI is InChI=1S/C12H13N5O3/c18-10(13-7-6-11(19)20)8-17-15-12(14-16-17)9-4-2-1-3-5-9/h1-5H,6-8H2,(H,13,18)(H,19,20). The Labute approximate surface area is 114 Å². The number of carbonyl (C=O) groups excluding carboxylic acids is 1. The van der Waals surface area contributed by atoms with E-state index < -0.39 is 5.97 Å². The molecule has 2 rings (SSSR count). The van der Waals surface area contributed by atoms with Gasteiger partial charge in [0, 0.05) is 12.1 Å². The molecule has 1 aromatic carbocycles. The lowest BCUT2D eigenvalue weighted by atomic mass is 10.2. The van der Waals surface area contributed by atoms with Crippen LogP contribution >= 0.6 is 0 Å². The van der Waals surface area contributed by atoms with Crippen LogP contribution in [-0.4, -0.2) is 43.7 Å². The van der Waals surface area contributed by atoms with Crippen molar-refractivity contribution in [1.29, 1.82) is 0 Å². The van der Waals surface area contributed by atoms with E-state index in [1.807, 2.05) is 30.3 Å². The van der Waals surface area contributed by atoms with Gasteiger partial charge in [-0.3, -0.25) is 9.59 Å². The molecule has 104 valence electrons. The Kier molecular flexibility index (Phi) is 4.38. The van der Waals surface area contributed by atoms with Gasteiger partial charge in [0.25, 0.3) is 0 Å². The Morgan fingerprint density at radius 1 is 1.25 bits per heavy atom. The lowest BCUT2D eigenvalue weighted by Crippen LogP contribution is -2.30. The van der Waals surface area contributed by atoms with Crippen molar-refractivity contribution >= 4 is 11.9 Å². The van der Waals surface area contributed by atoms with E-state index in [1.54, 1.807) is 0 Å². The van der Waals surface area contributed by atoms with E-state index in [0.29, 0.717) is 5.82 Å². The molecule has 2 N–H and O–H groups in total. The Balaban J connectivity index is 1.90. The van der Waals surface area contributed by atoms with Crippen LogP contribution in [0.4, 0.5) is 0 Å². The summed E-state index contributed by atoms with van der Waals surface area (Å²) in [6, 6.07) is 9.27. The highest BCUT2D eigenvalue weighted by atomic mass is 16.4. The number of nitrogens with one attached hydrogen (secondary N) is 1. The summed E-state index contributed by atoms with van der Waals surface area (Å²) in [5, 5.41) is 22.6. The number of aromatic nitrogens is 4. The second-order valence-corrected chi connectivity index (χ2v) is 4.00. The van der Waals surface area contributed by atoms with Gasteiger partial charge in [-0.25, -0.2) is 0 Å². The van der Waals surface area contributed by atoms with Gasteiger partial charge in [-0.15, -0.1) is 10.2 Å². The van der Waals surface area contributed by atoms with Gasteiger partial charge in [0.05, 0.1) is 6.42 Å². The van der Waals surface area contributed by atoms with Crippen molar-refractivity contribution in [2.75, 3.05) is 6.54 Å². The SMILES string of the molecule is O=C(O)CCNC(=O)Cn1nnc(-c2ccccc2)n1. The van der Waals surface area contributed by atoms with Crippen molar-refractivity contribution in [3.8, 4) is 11.4 Å². The molecule has 0 aliphatic carbocycles. The predicted molar refractivity (Wildman–Crippen MR) is 68.5 cm³/mol. The molecule has 0 saturated heterocycles. The molecule has 0 aliphatic rings. The number of benzene rings is 1. The van der Waals surface area contributed by atoms with E-state index in [1.165, 1.54) is 4.80 Å². The molecule has 8 heteroatoms. The van der Waals surface area contributed by atoms with Crippen molar-refractivity contribution in [2.45, 2.75) is 13.0 Å². The minimum absolute atomic E-state index is 0.0778. The molecule has 0 radical (unpaired) electrons. The van der Waals surface area contributed by atoms with Crippen molar-refractivity contribution in [1.82, 2.24) is 25.5 Å². The van der Waals surface area contributed by atoms with Crippen LogP contribution in [0.5, 0.6) is 0 Å². The summed E-state index contributed by atoms with van der Waals surface area (Å²) < 4.78 is 0. The summed E-state index contributed by atoms with van der Waals surface area (Å²) >= 11 is 0. The normalized spacial score (nSPS) is 10.2. The summed E-state index contributed by atoms with van der Waals surface area (Å²) in [7, 11) is 0. The van der Waals surface area contributed by atoms with E-state index in [4.69, 9.17) is 5.11 Å². The molecule has 1 aromatic heterocycles. The lowest BCUT2D eigenvalue weighted by molar-refractivity contribution is -0.136. The van der Waals surface area contributed by atoms with E-state index in [-0.39, 0.29) is 25.4 Å². The van der Waals surface area contributed by atoms with E-state index in [9.17, 15) is 9.59 Å². The zero-order valence-corrected chi connectivity index (χ0v) is 10.6. The molecule has 0 fully saturated rings. The first-order valence-corrected chi connectivity index (χ1v) is 5.97. The Bertz CT molecular complexity index is 596. The van der Waals surface area contributed by atoms with Crippen molar-refractivity contribution in [3.63, 3.8) is 0 Å². The van der Waals surface area contributed by atoms with Gasteiger partial charge in [0.2, 0.25) is 11.7 Å². The summed E-state index contributed by atoms with van der Waals surface area (Å²) in [5.74, 6) is -0.886. The van der Waals surface area contributed by atoms with E-state index in [0.717, 1.165) is 5.56 Å². The summed E-state index contributed by atoms with van der Waals surface area (Å²) in [4.78, 5) is 23.0. The second kappa shape index (κ2) is 6.41. The molecule has 0 spiro atoms. The van der Waals surface area contributed by atoms with Crippen LogP contribution in [0.2, 0.25) is 0 Å². The van der Waals surface area contributed by atoms with Gasteiger partial charge in [-0.05, 0) is 5.21 Å². The highest BCUT2D eigenvalue weighted by Gasteiger charge is 2.09. The van der Waals surface area contributed by atoms with Gasteiger partial charge in [-0.1, -0.05) is 30.3 Å². The smallest absolute Gasteiger partial charge is 0.305 e. The largest absolute Gasteiger partial charge is 0.481 e. The first-order valence-electron chi connectivity index (χ1n) is 5.97. The highest BCUT2D eigenvalue weighted by molar-refractivity contribution is 5.76. The number of carboxylic acid groups (broad SMARTS) is 1. The molecule has 0 bridgehead atoms. The molecule has 0 aliphatic heterocycles. The number of tetrazole rings is 1. The fourth-order valence-corrected chi connectivity index (χ4v) is 1.51. The topological polar surface area (TPSA) is 110 Å². The van der Waals surface area contributed by atoms with E-state index >= 15 is 0 Å². The van der Waals surface area contributed by atoms with Crippen LogP contribution in [0.25, 0.3) is 11.4 Å². The van der Waals surface area contributed by atoms with Gasteiger partial charge >= 0.3 is 5.97 Å². The number of amides is 1. The van der Waals surface area contributed by atoms with E-state index in [2.05, 4.69) is 20.7 Å². The lowest BCUT2D eigenvalue weighted by Gasteiger charge is -2.01. The first kappa shape index (κ1) is 13.7. The van der Waals surface area contributed by atoms with Crippen molar-refractivity contribution in [3.05, 3.63) is 30.3 Å². The third-order valence-corrected chi connectivity index (χ3v) is 2.43. The average Bonchev–Trinajstić information content (AvgIpc) is 2.88. The Morgan fingerprint density at radius 2 is 2.00 bits per heavy atom. The molecule has 0 saturated carbocycles. The number of carboxylic acids is 1. The van der Waals surface area contributed by atoms with Crippen LogP contribution in [-0.2, 0) is 16.1 Å². The minimum Gasteiger partial charge on any atom is -0.481 e. The van der Waals surface area contributed by atoms with Gasteiger partial charge < -0.3 is 10.4 Å². The molecule has 0 unspecified atom stereocenters. The monoisotopic (exact) mass is 275 g/mol. The summed E-state index contributed by atoms with van der Waals surface area (Å²) in [5.41, 5.74) is 0.810. The zero-order valence-electron chi connectivity index (χ0n) is 10.6. The van der Waals surface area contributed by atoms with Crippen LogP contribution in [0.15, 0.2) is 30.3 Å². The number of hydrogen-bond acceptors (Lipinski definition) is 5. The molecule has 20 heavy (non-hydrogen) atoms. The molecule has 1 heterocycles. The number of aliphatic carboxylic acids is 1. The third kappa shape index (κ3) is 3.87. The van der Waals surface area contributed by atoms with Gasteiger partial charge in [0.1, 0.15) is 6.54 Å². The molecule has 8 nitrogen and oxygen atoms in total. The highest BCUT2D eigenvalue weighted by Crippen LogP contribution is 2.11. The Morgan fingerprint density at radius 3 is 2.70 bits per heavy atom. The van der Waals surface area contributed by atoms with Crippen LogP contribution < -0.4 is 5.32 Å². The first-order chi connectivity index (χ1) is 9.65. The fraction of sp³-hybridized carbons (Fsp3) is 0.250. The zero-order chi connectivity index (χ0) is 14.4. The number of hydrogen-bond donors (Lipinski definition) is 2. The number of carbonyl (C=O) groups is 2. The molecule has 0 atom stereocenters. The Hall–Kier alpha value is -2.77. The van der Waals surface area contributed by atoms with Gasteiger partial charge in [-0.2, -0.15) is 4.80 Å². The van der Waals surface area contributed by atoms with Gasteiger partial charge in [0.15, 0.2) is 0 Å². The van der Waals surface area contributed by atoms with Crippen molar-refractivity contribution in [2.24, 2.45) is 0 Å². The predicted octanol–water partition coefficient (Wildman–Crippen LogP) is -0.0690. The quantitative estimate of drug-likeness (QED) is 0.763. The average molecular weight is 275 g/mol. The molecular weight excluding hydrogens is 262 g/mol. The third-order valence-electron chi connectivity index (χ3n) is 2.43. The van der Waals surface area contributed by atoms with Crippen LogP contribution in [0.3, 0.4) is 0 Å². The number of rotatable bonds is 6. The van der Waals surface area contributed by atoms with Crippen LogP contribution in [0.1, 0.15) is 6.42 Å². The maximum absolute atomic E-state index is 11.5. The maximum Gasteiger partial charge on any atom is 0.305 e. The van der Waals surface area contributed by atoms with Crippen LogP contribution in [0, 0.1) is 0 Å². The number of nitrogens with zero attached hydrogens (tertiary/aromatic N) is 4. The molecule has 1 amide bonds. The molecular formula is C12H13N5O3. The maximum atomic E-state index is 11.5. The summed E-state index contributed by atoms with van der Waals surface area (Å²) in [6.07, 6.45) is -0.119.